The van der Waals surface area contributed by atoms with E-state index in [1.807, 2.05) is 55.5 Å². The Bertz CT molecular complexity index is 1070. The number of anilines is 1. The van der Waals surface area contributed by atoms with Crippen LogP contribution < -0.4 is 20.1 Å². The van der Waals surface area contributed by atoms with Gasteiger partial charge in [0.05, 0.1) is 6.54 Å². The lowest BCUT2D eigenvalue weighted by Gasteiger charge is -2.13. The zero-order chi connectivity index (χ0) is 21.6. The first kappa shape index (κ1) is 20.5. The quantitative estimate of drug-likeness (QED) is 0.575. The van der Waals surface area contributed by atoms with E-state index >= 15 is 0 Å². The second-order valence-electron chi connectivity index (χ2n) is 7.36. The molecule has 0 spiro atoms. The predicted octanol–water partition coefficient (Wildman–Crippen LogP) is 3.75. The Morgan fingerprint density at radius 3 is 2.68 bits per heavy atom. The first-order chi connectivity index (χ1) is 15.1. The Hall–Kier alpha value is -3.80. The third-order valence-electron chi connectivity index (χ3n) is 5.07. The molecule has 1 unspecified atom stereocenters. The summed E-state index contributed by atoms with van der Waals surface area (Å²) in [6.07, 6.45) is -0.0447. The number of aryl methyl sites for hydroxylation is 1. The fourth-order valence-corrected chi connectivity index (χ4v) is 3.44. The van der Waals surface area contributed by atoms with Crippen molar-refractivity contribution < 1.29 is 19.1 Å². The topological polar surface area (TPSA) is 76.7 Å². The average molecular weight is 416 g/mol. The highest BCUT2D eigenvalue weighted by Crippen LogP contribution is 2.28. The Kier molecular flexibility index (Phi) is 6.17. The first-order valence-corrected chi connectivity index (χ1v) is 10.2. The van der Waals surface area contributed by atoms with Gasteiger partial charge in [0.25, 0.3) is 11.8 Å². The number of nitrogens with one attached hydrogen (secondary N) is 2. The van der Waals surface area contributed by atoms with Crippen LogP contribution in [0.5, 0.6) is 11.5 Å². The number of rotatable bonds is 7. The van der Waals surface area contributed by atoms with Gasteiger partial charge in [-0.2, -0.15) is 0 Å². The largest absolute Gasteiger partial charge is 0.491 e. The van der Waals surface area contributed by atoms with Crippen molar-refractivity contribution in [2.45, 2.75) is 19.4 Å². The molecule has 2 N–H and O–H groups in total. The van der Waals surface area contributed by atoms with Gasteiger partial charge in [0, 0.05) is 17.7 Å². The molecule has 0 fully saturated rings. The molecular weight excluding hydrogens is 392 g/mol. The van der Waals surface area contributed by atoms with E-state index in [9.17, 15) is 9.59 Å². The van der Waals surface area contributed by atoms with Gasteiger partial charge in [0.15, 0.2) is 6.10 Å². The molecule has 1 atom stereocenters. The minimum atomic E-state index is -0.575. The van der Waals surface area contributed by atoms with Gasteiger partial charge in [-0.3, -0.25) is 9.59 Å². The zero-order valence-corrected chi connectivity index (χ0v) is 17.3. The van der Waals surface area contributed by atoms with E-state index in [-0.39, 0.29) is 11.8 Å². The number of hydrogen-bond acceptors (Lipinski definition) is 4. The lowest BCUT2D eigenvalue weighted by atomic mass is 10.1. The minimum absolute atomic E-state index is 0.228. The highest BCUT2D eigenvalue weighted by atomic mass is 16.5. The van der Waals surface area contributed by atoms with Crippen molar-refractivity contribution in [2.75, 3.05) is 18.5 Å². The molecule has 0 saturated heterocycles. The van der Waals surface area contributed by atoms with Crippen LogP contribution in [0.25, 0.3) is 0 Å². The summed E-state index contributed by atoms with van der Waals surface area (Å²) in [5.41, 5.74) is 3.08. The van der Waals surface area contributed by atoms with Gasteiger partial charge in [-0.1, -0.05) is 42.5 Å². The molecule has 0 bridgehead atoms. The van der Waals surface area contributed by atoms with Crippen LogP contribution in [0.2, 0.25) is 0 Å². The predicted molar refractivity (Wildman–Crippen MR) is 119 cm³/mol. The van der Waals surface area contributed by atoms with E-state index in [0.29, 0.717) is 30.8 Å². The lowest BCUT2D eigenvalue weighted by molar-refractivity contribution is -0.122. The van der Waals surface area contributed by atoms with Crippen molar-refractivity contribution in [1.82, 2.24) is 5.32 Å². The number of benzene rings is 3. The van der Waals surface area contributed by atoms with Crippen LogP contribution in [0.1, 0.15) is 21.5 Å². The number of hydrogen-bond donors (Lipinski definition) is 2. The maximum Gasteiger partial charge on any atom is 0.265 e. The van der Waals surface area contributed by atoms with Gasteiger partial charge >= 0.3 is 0 Å². The summed E-state index contributed by atoms with van der Waals surface area (Å²) in [5.74, 6) is 1.08. The Morgan fingerprint density at radius 1 is 1.03 bits per heavy atom. The second kappa shape index (κ2) is 9.34. The van der Waals surface area contributed by atoms with Crippen LogP contribution in [-0.2, 0) is 11.2 Å². The molecule has 3 aromatic rings. The van der Waals surface area contributed by atoms with Crippen LogP contribution in [-0.4, -0.2) is 31.1 Å². The Labute approximate surface area is 181 Å². The van der Waals surface area contributed by atoms with Gasteiger partial charge in [-0.15, -0.1) is 0 Å². The Morgan fingerprint density at radius 2 is 1.84 bits per heavy atom. The van der Waals surface area contributed by atoms with Crippen LogP contribution in [0.4, 0.5) is 5.69 Å². The molecule has 1 heterocycles. The molecule has 0 aromatic heterocycles. The van der Waals surface area contributed by atoms with Crippen molar-refractivity contribution in [1.29, 1.82) is 0 Å². The monoisotopic (exact) mass is 416 g/mol. The zero-order valence-electron chi connectivity index (χ0n) is 17.3. The minimum Gasteiger partial charge on any atom is -0.491 e. The van der Waals surface area contributed by atoms with Crippen LogP contribution in [0, 0.1) is 6.92 Å². The molecule has 6 nitrogen and oxygen atoms in total. The standard InChI is InChI=1S/C25H24N2O4/c1-17-7-2-4-11-21(17)30-14-13-26-24(28)19-9-6-10-20(15-19)27-25(29)23-16-18-8-3-5-12-22(18)31-23/h2-12,15,23H,13-14,16H2,1H3,(H,26,28)(H,27,29). The van der Waals surface area contributed by atoms with Crippen molar-refractivity contribution >= 4 is 17.5 Å². The van der Waals surface area contributed by atoms with E-state index in [0.717, 1.165) is 22.6 Å². The third-order valence-corrected chi connectivity index (χ3v) is 5.07. The third kappa shape index (κ3) is 5.04. The number of ether oxygens (including phenoxy) is 2. The molecule has 0 saturated carbocycles. The highest BCUT2D eigenvalue weighted by molar-refractivity contribution is 5.98. The maximum atomic E-state index is 12.6. The van der Waals surface area contributed by atoms with Gasteiger partial charge in [-0.05, 0) is 48.4 Å². The van der Waals surface area contributed by atoms with Crippen LogP contribution in [0.15, 0.2) is 72.8 Å². The smallest absolute Gasteiger partial charge is 0.265 e. The SMILES string of the molecule is Cc1ccccc1OCCNC(=O)c1cccc(NC(=O)C2Cc3ccccc3O2)c1. The molecule has 158 valence electrons. The lowest BCUT2D eigenvalue weighted by Crippen LogP contribution is -2.31. The molecule has 3 aromatic carbocycles. The fraction of sp³-hybridized carbons (Fsp3) is 0.200. The van der Waals surface area contributed by atoms with Gasteiger partial charge in [-0.25, -0.2) is 0 Å². The molecule has 2 amide bonds. The van der Waals surface area contributed by atoms with E-state index in [2.05, 4.69) is 10.6 Å². The normalized spacial score (nSPS) is 14.3. The molecule has 0 aliphatic carbocycles. The van der Waals surface area contributed by atoms with Crippen LogP contribution in [0.3, 0.4) is 0 Å². The second-order valence-corrected chi connectivity index (χ2v) is 7.36. The fourth-order valence-electron chi connectivity index (χ4n) is 3.44. The van der Waals surface area contributed by atoms with Crippen LogP contribution >= 0.6 is 0 Å². The van der Waals surface area contributed by atoms with Gasteiger partial charge in [0.2, 0.25) is 0 Å². The summed E-state index contributed by atoms with van der Waals surface area (Å²) < 4.78 is 11.4. The van der Waals surface area contributed by atoms with E-state index in [1.54, 1.807) is 24.3 Å². The number of carbonyl (C=O) groups excluding carboxylic acids is 2. The van der Waals surface area contributed by atoms with Crippen molar-refractivity contribution in [2.24, 2.45) is 0 Å². The summed E-state index contributed by atoms with van der Waals surface area (Å²) in [5, 5.41) is 5.68. The van der Waals surface area contributed by atoms with E-state index in [4.69, 9.17) is 9.47 Å². The molecule has 1 aliphatic rings. The molecule has 1 aliphatic heterocycles. The molecule has 0 radical (unpaired) electrons. The van der Waals surface area contributed by atoms with Gasteiger partial charge < -0.3 is 20.1 Å². The number of fused-ring (bicyclic) bond motifs is 1. The van der Waals surface area contributed by atoms with Crippen molar-refractivity contribution in [3.05, 3.63) is 89.5 Å². The summed E-state index contributed by atoms with van der Waals surface area (Å²) in [6, 6.07) is 22.2. The van der Waals surface area contributed by atoms with Crippen molar-refractivity contribution in [3.63, 3.8) is 0 Å². The maximum absolute atomic E-state index is 12.6. The number of carbonyl (C=O) groups is 2. The summed E-state index contributed by atoms with van der Waals surface area (Å²) in [7, 11) is 0. The summed E-state index contributed by atoms with van der Waals surface area (Å²) in [6.45, 7) is 2.72. The molecule has 4 rings (SSSR count). The summed E-state index contributed by atoms with van der Waals surface area (Å²) in [4.78, 5) is 25.0. The summed E-state index contributed by atoms with van der Waals surface area (Å²) >= 11 is 0. The van der Waals surface area contributed by atoms with Gasteiger partial charge in [0.1, 0.15) is 18.1 Å². The first-order valence-electron chi connectivity index (χ1n) is 10.2. The molecule has 6 heteroatoms. The number of para-hydroxylation sites is 2. The average Bonchev–Trinajstić information content (AvgIpc) is 3.22. The van der Waals surface area contributed by atoms with E-state index < -0.39 is 6.10 Å². The highest BCUT2D eigenvalue weighted by Gasteiger charge is 2.28. The van der Waals surface area contributed by atoms with Crippen molar-refractivity contribution in [3.8, 4) is 11.5 Å². The Balaban J connectivity index is 1.28. The van der Waals surface area contributed by atoms with E-state index in [1.165, 1.54) is 0 Å². The molecule has 31 heavy (non-hydrogen) atoms. The number of amides is 2. The molecular formula is C25H24N2O4.